The zero-order valence-corrected chi connectivity index (χ0v) is 22.4. The summed E-state index contributed by atoms with van der Waals surface area (Å²) in [6.07, 6.45) is 3.92. The molecular formula is C29H34N6O5. The van der Waals surface area contributed by atoms with E-state index in [2.05, 4.69) is 25.9 Å². The molecule has 11 nitrogen and oxygen atoms in total. The zero-order valence-electron chi connectivity index (χ0n) is 22.4. The first-order chi connectivity index (χ1) is 19.3. The number of aliphatic carboxylic acids is 1. The lowest BCUT2D eigenvalue weighted by atomic mass is 10.1. The number of carboxylic acid groups (broad SMARTS) is 1. The van der Waals surface area contributed by atoms with E-state index >= 15 is 0 Å². The summed E-state index contributed by atoms with van der Waals surface area (Å²) in [5, 5.41) is 16.8. The number of aromatic nitrogens is 2. The van der Waals surface area contributed by atoms with Crippen LogP contribution in [0, 0.1) is 0 Å². The molecule has 40 heavy (non-hydrogen) atoms. The van der Waals surface area contributed by atoms with E-state index in [-0.39, 0.29) is 31.2 Å². The van der Waals surface area contributed by atoms with Gasteiger partial charge >= 0.3 is 5.97 Å². The SMILES string of the molecule is C[C@@H](NC(=O)CCC(=O)NCCc1ccc(NC(=O)CN(Cc2ccccn2)Cc2ccccn2)cc1)C(=O)O. The van der Waals surface area contributed by atoms with Crippen LogP contribution in [-0.4, -0.2) is 62.8 Å². The van der Waals surface area contributed by atoms with E-state index in [1.807, 2.05) is 65.6 Å². The van der Waals surface area contributed by atoms with Gasteiger partial charge in [0.15, 0.2) is 0 Å². The van der Waals surface area contributed by atoms with Gasteiger partial charge in [-0.05, 0) is 55.3 Å². The maximum atomic E-state index is 12.8. The lowest BCUT2D eigenvalue weighted by molar-refractivity contribution is -0.141. The fourth-order valence-corrected chi connectivity index (χ4v) is 3.80. The number of carboxylic acids is 1. The van der Waals surface area contributed by atoms with Crippen LogP contribution in [0.3, 0.4) is 0 Å². The van der Waals surface area contributed by atoms with Crippen LogP contribution >= 0.6 is 0 Å². The summed E-state index contributed by atoms with van der Waals surface area (Å²) in [7, 11) is 0. The third-order valence-electron chi connectivity index (χ3n) is 5.89. The van der Waals surface area contributed by atoms with Crippen LogP contribution in [0.4, 0.5) is 5.69 Å². The Balaban J connectivity index is 1.43. The molecule has 3 amide bonds. The third-order valence-corrected chi connectivity index (χ3v) is 5.89. The largest absolute Gasteiger partial charge is 0.480 e. The predicted molar refractivity (Wildman–Crippen MR) is 149 cm³/mol. The molecular weight excluding hydrogens is 512 g/mol. The smallest absolute Gasteiger partial charge is 0.325 e. The summed E-state index contributed by atoms with van der Waals surface area (Å²) in [6, 6.07) is 17.8. The monoisotopic (exact) mass is 546 g/mol. The first-order valence-corrected chi connectivity index (χ1v) is 13.0. The van der Waals surface area contributed by atoms with Crippen LogP contribution in [0.25, 0.3) is 0 Å². The van der Waals surface area contributed by atoms with E-state index in [1.54, 1.807) is 12.4 Å². The van der Waals surface area contributed by atoms with Crippen molar-refractivity contribution in [3.05, 3.63) is 90.0 Å². The van der Waals surface area contributed by atoms with Gasteiger partial charge in [0, 0.05) is 50.6 Å². The number of nitrogens with zero attached hydrogens (tertiary/aromatic N) is 3. The van der Waals surface area contributed by atoms with Crippen LogP contribution in [-0.2, 0) is 38.7 Å². The molecule has 0 saturated heterocycles. The summed E-state index contributed by atoms with van der Waals surface area (Å²) >= 11 is 0. The molecule has 3 rings (SSSR count). The van der Waals surface area contributed by atoms with Crippen molar-refractivity contribution in [1.29, 1.82) is 0 Å². The Labute approximate surface area is 233 Å². The normalized spacial score (nSPS) is 11.4. The molecule has 0 spiro atoms. The van der Waals surface area contributed by atoms with E-state index in [1.165, 1.54) is 6.92 Å². The first kappa shape index (κ1) is 29.9. The summed E-state index contributed by atoms with van der Waals surface area (Å²) in [5.74, 6) is -2.07. The van der Waals surface area contributed by atoms with Gasteiger partial charge in [0.25, 0.3) is 0 Å². The van der Waals surface area contributed by atoms with Crippen molar-refractivity contribution in [2.75, 3.05) is 18.4 Å². The van der Waals surface area contributed by atoms with Crippen molar-refractivity contribution in [3.8, 4) is 0 Å². The molecule has 0 fully saturated rings. The molecule has 0 aliphatic heterocycles. The van der Waals surface area contributed by atoms with Crippen LogP contribution < -0.4 is 16.0 Å². The van der Waals surface area contributed by atoms with Crippen LogP contribution in [0.2, 0.25) is 0 Å². The van der Waals surface area contributed by atoms with Gasteiger partial charge in [-0.3, -0.25) is 34.0 Å². The number of pyridine rings is 2. The second-order valence-corrected chi connectivity index (χ2v) is 9.26. The Hall–Kier alpha value is -4.64. The quantitative estimate of drug-likeness (QED) is 0.226. The zero-order chi connectivity index (χ0) is 28.7. The summed E-state index contributed by atoms with van der Waals surface area (Å²) < 4.78 is 0. The lowest BCUT2D eigenvalue weighted by Gasteiger charge is -2.21. The van der Waals surface area contributed by atoms with Gasteiger partial charge < -0.3 is 21.1 Å². The second kappa shape index (κ2) is 15.7. The molecule has 3 aromatic rings. The third kappa shape index (κ3) is 11.0. The molecule has 1 atom stereocenters. The molecule has 0 aliphatic rings. The molecule has 11 heteroatoms. The van der Waals surface area contributed by atoms with Gasteiger partial charge in [0.1, 0.15) is 6.04 Å². The molecule has 0 bridgehead atoms. The fourth-order valence-electron chi connectivity index (χ4n) is 3.80. The maximum absolute atomic E-state index is 12.8. The molecule has 0 radical (unpaired) electrons. The van der Waals surface area contributed by atoms with Crippen molar-refractivity contribution in [2.45, 2.75) is 45.3 Å². The maximum Gasteiger partial charge on any atom is 0.325 e. The summed E-state index contributed by atoms with van der Waals surface area (Å²) in [4.78, 5) is 58.0. The van der Waals surface area contributed by atoms with Gasteiger partial charge in [0.05, 0.1) is 17.9 Å². The first-order valence-electron chi connectivity index (χ1n) is 13.0. The van der Waals surface area contributed by atoms with E-state index in [9.17, 15) is 19.2 Å². The Bertz CT molecular complexity index is 1210. The second-order valence-electron chi connectivity index (χ2n) is 9.26. The van der Waals surface area contributed by atoms with Crippen LogP contribution in [0.1, 0.15) is 36.7 Å². The van der Waals surface area contributed by atoms with Gasteiger partial charge in [0.2, 0.25) is 17.7 Å². The summed E-state index contributed by atoms with van der Waals surface area (Å²) in [5.41, 5.74) is 3.35. The number of carbonyl (C=O) groups is 4. The molecule has 2 heterocycles. The highest BCUT2D eigenvalue weighted by atomic mass is 16.4. The average Bonchev–Trinajstić information content (AvgIpc) is 2.94. The molecule has 4 N–H and O–H groups in total. The molecule has 1 aromatic carbocycles. The van der Waals surface area contributed by atoms with Crippen molar-refractivity contribution in [2.24, 2.45) is 0 Å². The number of carbonyl (C=O) groups excluding carboxylic acids is 3. The average molecular weight is 547 g/mol. The van der Waals surface area contributed by atoms with E-state index < -0.39 is 17.9 Å². The van der Waals surface area contributed by atoms with Crippen LogP contribution in [0.15, 0.2) is 73.1 Å². The minimum atomic E-state index is -1.13. The molecule has 2 aromatic heterocycles. The molecule has 0 aliphatic carbocycles. The van der Waals surface area contributed by atoms with Gasteiger partial charge in [-0.1, -0.05) is 24.3 Å². The van der Waals surface area contributed by atoms with Gasteiger partial charge in [-0.15, -0.1) is 0 Å². The van der Waals surface area contributed by atoms with Crippen LogP contribution in [0.5, 0.6) is 0 Å². The Morgan fingerprint density at radius 1 is 0.825 bits per heavy atom. The Morgan fingerprint density at radius 3 is 1.98 bits per heavy atom. The van der Waals surface area contributed by atoms with E-state index in [0.29, 0.717) is 31.7 Å². The van der Waals surface area contributed by atoms with Crippen molar-refractivity contribution < 1.29 is 24.3 Å². The summed E-state index contributed by atoms with van der Waals surface area (Å²) in [6.45, 7) is 2.91. The highest BCUT2D eigenvalue weighted by Gasteiger charge is 2.15. The number of amides is 3. The Morgan fingerprint density at radius 2 is 1.43 bits per heavy atom. The van der Waals surface area contributed by atoms with Crippen molar-refractivity contribution >= 4 is 29.4 Å². The minimum Gasteiger partial charge on any atom is -0.480 e. The highest BCUT2D eigenvalue weighted by molar-refractivity contribution is 5.92. The molecule has 0 saturated carbocycles. The number of anilines is 1. The minimum absolute atomic E-state index is 0.0270. The number of hydrogen-bond acceptors (Lipinski definition) is 7. The number of hydrogen-bond donors (Lipinski definition) is 4. The van der Waals surface area contributed by atoms with E-state index in [0.717, 1.165) is 17.0 Å². The van der Waals surface area contributed by atoms with E-state index in [4.69, 9.17) is 5.11 Å². The topological polar surface area (TPSA) is 154 Å². The highest BCUT2D eigenvalue weighted by Crippen LogP contribution is 2.12. The molecule has 0 unspecified atom stereocenters. The van der Waals surface area contributed by atoms with Crippen molar-refractivity contribution in [1.82, 2.24) is 25.5 Å². The standard InChI is InChI=1S/C29H34N6O5/c1-21(29(39)40)33-27(37)13-12-26(36)32-17-14-22-8-10-23(11-9-22)34-28(38)20-35(18-24-6-2-4-15-30-24)19-25-7-3-5-16-31-25/h2-11,15-16,21H,12-14,17-20H2,1H3,(H,32,36)(H,33,37)(H,34,38)(H,39,40)/t21-/m1/s1. The Kier molecular flexibility index (Phi) is 11.7. The predicted octanol–water partition coefficient (Wildman–Crippen LogP) is 2.15. The number of nitrogens with one attached hydrogen (secondary N) is 3. The number of rotatable bonds is 15. The fraction of sp³-hybridized carbons (Fsp3) is 0.310. The lowest BCUT2D eigenvalue weighted by Crippen LogP contribution is -2.38. The van der Waals surface area contributed by atoms with Gasteiger partial charge in [-0.25, -0.2) is 0 Å². The van der Waals surface area contributed by atoms with Crippen molar-refractivity contribution in [3.63, 3.8) is 0 Å². The molecule has 210 valence electrons. The number of benzene rings is 1. The van der Waals surface area contributed by atoms with Gasteiger partial charge in [-0.2, -0.15) is 0 Å².